The van der Waals surface area contributed by atoms with Crippen LogP contribution in [0.4, 0.5) is 0 Å². The van der Waals surface area contributed by atoms with E-state index in [-0.39, 0.29) is 0 Å². The van der Waals surface area contributed by atoms with Crippen LogP contribution < -0.4 is 0 Å². The highest BCUT2D eigenvalue weighted by Crippen LogP contribution is 2.30. The number of nitriles is 1. The van der Waals surface area contributed by atoms with Crippen LogP contribution in [0.15, 0.2) is 17.5 Å². The minimum atomic E-state index is 0.414. The maximum Gasteiger partial charge on any atom is 0.108 e. The van der Waals surface area contributed by atoms with Gasteiger partial charge in [0.1, 0.15) is 5.01 Å². The van der Waals surface area contributed by atoms with Gasteiger partial charge in [0.15, 0.2) is 0 Å². The highest BCUT2D eigenvalue weighted by molar-refractivity contribution is 7.15. The summed E-state index contributed by atoms with van der Waals surface area (Å²) in [6.07, 6.45) is 0.414. The zero-order valence-corrected chi connectivity index (χ0v) is 9.28. The molecule has 0 radical (unpaired) electrons. The van der Waals surface area contributed by atoms with Gasteiger partial charge in [0.25, 0.3) is 0 Å². The zero-order valence-electron chi connectivity index (χ0n) is 7.65. The van der Waals surface area contributed by atoms with E-state index in [2.05, 4.69) is 17.1 Å². The molecule has 0 amide bonds. The molecule has 0 spiro atoms. The van der Waals surface area contributed by atoms with Crippen LogP contribution in [0, 0.1) is 18.3 Å². The molecular weight excluding hydrogens is 212 g/mol. The third kappa shape index (κ3) is 1.69. The van der Waals surface area contributed by atoms with Crippen molar-refractivity contribution in [2.75, 3.05) is 0 Å². The first-order valence-corrected chi connectivity index (χ1v) is 5.88. The quantitative estimate of drug-likeness (QED) is 0.779. The molecule has 2 aromatic heterocycles. The van der Waals surface area contributed by atoms with Crippen LogP contribution in [-0.4, -0.2) is 4.98 Å². The van der Waals surface area contributed by atoms with Crippen molar-refractivity contribution in [2.24, 2.45) is 0 Å². The molecule has 0 bridgehead atoms. The van der Waals surface area contributed by atoms with Crippen molar-refractivity contribution < 1.29 is 0 Å². The van der Waals surface area contributed by atoms with Crippen molar-refractivity contribution in [3.8, 4) is 16.6 Å². The van der Waals surface area contributed by atoms with Gasteiger partial charge in [-0.1, -0.05) is 6.07 Å². The summed E-state index contributed by atoms with van der Waals surface area (Å²) < 4.78 is 0. The van der Waals surface area contributed by atoms with Crippen LogP contribution in [0.25, 0.3) is 10.6 Å². The van der Waals surface area contributed by atoms with Crippen molar-refractivity contribution in [2.45, 2.75) is 13.3 Å². The van der Waals surface area contributed by atoms with E-state index in [0.717, 1.165) is 10.7 Å². The van der Waals surface area contributed by atoms with Crippen LogP contribution >= 0.6 is 22.7 Å². The fraction of sp³-hybridized carbons (Fsp3) is 0.200. The second-order valence-corrected chi connectivity index (χ2v) is 5.06. The van der Waals surface area contributed by atoms with E-state index in [9.17, 15) is 0 Å². The van der Waals surface area contributed by atoms with Gasteiger partial charge < -0.3 is 0 Å². The number of aromatic nitrogens is 1. The van der Waals surface area contributed by atoms with Gasteiger partial charge in [-0.2, -0.15) is 5.26 Å². The van der Waals surface area contributed by atoms with Crippen LogP contribution in [0.2, 0.25) is 0 Å². The van der Waals surface area contributed by atoms with Gasteiger partial charge in [-0.3, -0.25) is 0 Å². The molecule has 2 nitrogen and oxygen atoms in total. The first kappa shape index (κ1) is 9.38. The Morgan fingerprint density at radius 2 is 2.43 bits per heavy atom. The number of thiazole rings is 1. The molecule has 0 aliphatic heterocycles. The van der Waals surface area contributed by atoms with E-state index in [0.29, 0.717) is 6.42 Å². The van der Waals surface area contributed by atoms with Gasteiger partial charge >= 0.3 is 0 Å². The van der Waals surface area contributed by atoms with Gasteiger partial charge in [0, 0.05) is 4.88 Å². The van der Waals surface area contributed by atoms with Crippen molar-refractivity contribution in [3.63, 3.8) is 0 Å². The number of thiophene rings is 1. The number of hydrogen-bond acceptors (Lipinski definition) is 4. The van der Waals surface area contributed by atoms with Gasteiger partial charge in [-0.05, 0) is 18.4 Å². The zero-order chi connectivity index (χ0) is 9.97. The van der Waals surface area contributed by atoms with Crippen molar-refractivity contribution >= 4 is 22.7 Å². The van der Waals surface area contributed by atoms with E-state index in [1.54, 1.807) is 22.7 Å². The highest BCUT2D eigenvalue weighted by atomic mass is 32.1. The van der Waals surface area contributed by atoms with Crippen LogP contribution in [-0.2, 0) is 6.42 Å². The largest absolute Gasteiger partial charge is 0.239 e. The molecule has 0 aliphatic carbocycles. The summed E-state index contributed by atoms with van der Waals surface area (Å²) in [6, 6.07) is 6.20. The minimum Gasteiger partial charge on any atom is -0.239 e. The molecule has 14 heavy (non-hydrogen) atoms. The lowest BCUT2D eigenvalue weighted by Crippen LogP contribution is -1.79. The van der Waals surface area contributed by atoms with Gasteiger partial charge in [-0.15, -0.1) is 22.7 Å². The minimum absolute atomic E-state index is 0.414. The summed E-state index contributed by atoms with van der Waals surface area (Å²) >= 11 is 3.29. The standard InChI is InChI=1S/C10H8N2S2/c1-7-10(8-3-2-6-13-8)12-9(14-7)4-5-11/h2-3,6H,4H2,1H3. The molecule has 0 fully saturated rings. The molecule has 2 aromatic rings. The number of rotatable bonds is 2. The molecule has 0 saturated heterocycles. The summed E-state index contributed by atoms with van der Waals surface area (Å²) in [7, 11) is 0. The smallest absolute Gasteiger partial charge is 0.108 e. The molecule has 2 rings (SSSR count). The summed E-state index contributed by atoms with van der Waals surface area (Å²) in [5.74, 6) is 0. The Morgan fingerprint density at radius 1 is 1.57 bits per heavy atom. The second-order valence-electron chi connectivity index (χ2n) is 2.82. The normalized spacial score (nSPS) is 10.0. The Balaban J connectivity index is 2.41. The first-order chi connectivity index (χ1) is 6.81. The Kier molecular flexibility index (Phi) is 2.62. The monoisotopic (exact) mass is 220 g/mol. The number of hydrogen-bond donors (Lipinski definition) is 0. The number of aryl methyl sites for hydroxylation is 1. The summed E-state index contributed by atoms with van der Waals surface area (Å²) in [5, 5.41) is 11.5. The summed E-state index contributed by atoms with van der Waals surface area (Å²) in [5.41, 5.74) is 1.04. The second kappa shape index (κ2) is 3.91. The van der Waals surface area contributed by atoms with Crippen molar-refractivity contribution in [3.05, 3.63) is 27.4 Å². The van der Waals surface area contributed by atoms with E-state index in [4.69, 9.17) is 5.26 Å². The summed E-state index contributed by atoms with van der Waals surface area (Å²) in [6.45, 7) is 2.05. The van der Waals surface area contributed by atoms with Crippen molar-refractivity contribution in [1.82, 2.24) is 4.98 Å². The molecule has 4 heteroatoms. The molecule has 0 N–H and O–H groups in total. The molecule has 70 valence electrons. The van der Waals surface area contributed by atoms with Crippen LogP contribution in [0.1, 0.15) is 9.88 Å². The molecule has 2 heterocycles. The van der Waals surface area contributed by atoms with Crippen LogP contribution in [0.5, 0.6) is 0 Å². The average Bonchev–Trinajstić information content (AvgIpc) is 2.74. The lowest BCUT2D eigenvalue weighted by molar-refractivity contribution is 1.19. The Bertz CT molecular complexity index is 463. The maximum atomic E-state index is 8.57. The summed E-state index contributed by atoms with van der Waals surface area (Å²) in [4.78, 5) is 6.82. The molecule has 0 aliphatic rings. The first-order valence-electron chi connectivity index (χ1n) is 4.18. The predicted molar refractivity (Wildman–Crippen MR) is 59.5 cm³/mol. The fourth-order valence-electron chi connectivity index (χ4n) is 1.24. The average molecular weight is 220 g/mol. The van der Waals surface area contributed by atoms with Gasteiger partial charge in [-0.25, -0.2) is 4.98 Å². The SMILES string of the molecule is Cc1sc(CC#N)nc1-c1cccs1. The molecular formula is C10H8N2S2. The lowest BCUT2D eigenvalue weighted by Gasteiger charge is -1.90. The molecule has 0 unspecified atom stereocenters. The Morgan fingerprint density at radius 3 is 3.07 bits per heavy atom. The van der Waals surface area contributed by atoms with Gasteiger partial charge in [0.05, 0.1) is 23.1 Å². The topological polar surface area (TPSA) is 36.7 Å². The third-order valence-electron chi connectivity index (χ3n) is 1.83. The molecule has 0 saturated carbocycles. The third-order valence-corrected chi connectivity index (χ3v) is 3.67. The van der Waals surface area contributed by atoms with Crippen LogP contribution in [0.3, 0.4) is 0 Å². The lowest BCUT2D eigenvalue weighted by atomic mass is 10.3. The Labute approximate surface area is 90.5 Å². The van der Waals surface area contributed by atoms with E-state index in [1.807, 2.05) is 18.4 Å². The predicted octanol–water partition coefficient (Wildman–Crippen LogP) is 3.25. The van der Waals surface area contributed by atoms with Crippen molar-refractivity contribution in [1.29, 1.82) is 5.26 Å². The Hall–Kier alpha value is -1.18. The number of nitrogens with zero attached hydrogens (tertiary/aromatic N) is 2. The highest BCUT2D eigenvalue weighted by Gasteiger charge is 2.09. The molecule has 0 aromatic carbocycles. The van der Waals surface area contributed by atoms with E-state index < -0.39 is 0 Å². The maximum absolute atomic E-state index is 8.57. The van der Waals surface area contributed by atoms with E-state index >= 15 is 0 Å². The van der Waals surface area contributed by atoms with E-state index in [1.165, 1.54) is 9.75 Å². The molecule has 0 atom stereocenters. The fourth-order valence-corrected chi connectivity index (χ4v) is 2.95. The van der Waals surface area contributed by atoms with Gasteiger partial charge in [0.2, 0.25) is 0 Å².